The summed E-state index contributed by atoms with van der Waals surface area (Å²) >= 11 is 1.63. The van der Waals surface area contributed by atoms with Gasteiger partial charge in [0.05, 0.1) is 20.6 Å². The van der Waals surface area contributed by atoms with E-state index in [0.717, 1.165) is 21.6 Å². The van der Waals surface area contributed by atoms with E-state index in [2.05, 4.69) is 10.3 Å². The second kappa shape index (κ2) is 6.04. The number of para-hydroxylation sites is 1. The highest BCUT2D eigenvalue weighted by Crippen LogP contribution is 2.44. The molecule has 1 aliphatic carbocycles. The molecule has 1 heterocycles. The SMILES string of the molecule is O=C(CC1(C(=O)O)CCC1)NCCc1nc2ccccc2s1. The highest BCUT2D eigenvalue weighted by Gasteiger charge is 2.45. The largest absolute Gasteiger partial charge is 0.481 e. The molecular formula is C16H18N2O3S. The van der Waals surface area contributed by atoms with Gasteiger partial charge >= 0.3 is 5.97 Å². The predicted octanol–water partition coefficient (Wildman–Crippen LogP) is 2.60. The van der Waals surface area contributed by atoms with Gasteiger partial charge in [0.2, 0.25) is 5.91 Å². The van der Waals surface area contributed by atoms with Crippen LogP contribution in [0.1, 0.15) is 30.7 Å². The summed E-state index contributed by atoms with van der Waals surface area (Å²) in [7, 11) is 0. The average Bonchev–Trinajstić information content (AvgIpc) is 2.85. The van der Waals surface area contributed by atoms with Crippen LogP contribution in [-0.4, -0.2) is 28.5 Å². The fourth-order valence-electron chi connectivity index (χ4n) is 2.78. The second-order valence-corrected chi connectivity index (χ2v) is 6.91. The van der Waals surface area contributed by atoms with Gasteiger partial charge in [-0.2, -0.15) is 0 Å². The Hall–Kier alpha value is -1.95. The van der Waals surface area contributed by atoms with Crippen molar-refractivity contribution in [3.8, 4) is 0 Å². The standard InChI is InChI=1S/C16H18N2O3S/c19-13(10-16(15(20)21)7-3-8-16)17-9-6-14-18-11-4-1-2-5-12(11)22-14/h1-2,4-5H,3,6-10H2,(H,17,19)(H,20,21). The Morgan fingerprint density at radius 3 is 2.73 bits per heavy atom. The fraction of sp³-hybridized carbons (Fsp3) is 0.438. The van der Waals surface area contributed by atoms with E-state index in [4.69, 9.17) is 0 Å². The van der Waals surface area contributed by atoms with Crippen molar-refractivity contribution in [3.63, 3.8) is 0 Å². The van der Waals surface area contributed by atoms with Gasteiger partial charge in [-0.05, 0) is 25.0 Å². The number of carboxylic acids is 1. The van der Waals surface area contributed by atoms with E-state index in [-0.39, 0.29) is 12.3 Å². The molecule has 1 saturated carbocycles. The zero-order valence-electron chi connectivity index (χ0n) is 12.2. The maximum atomic E-state index is 11.9. The number of hydrogen-bond acceptors (Lipinski definition) is 4. The molecule has 1 amide bonds. The third kappa shape index (κ3) is 2.97. The van der Waals surface area contributed by atoms with Crippen LogP contribution in [0.5, 0.6) is 0 Å². The number of nitrogens with zero attached hydrogens (tertiary/aromatic N) is 1. The molecule has 1 aromatic heterocycles. The van der Waals surface area contributed by atoms with Gasteiger partial charge in [0.25, 0.3) is 0 Å². The van der Waals surface area contributed by atoms with Crippen LogP contribution in [0.3, 0.4) is 0 Å². The number of carbonyl (C=O) groups is 2. The first-order chi connectivity index (χ1) is 10.6. The van der Waals surface area contributed by atoms with Crippen molar-refractivity contribution in [1.82, 2.24) is 10.3 Å². The van der Waals surface area contributed by atoms with Crippen LogP contribution in [0.25, 0.3) is 10.2 Å². The van der Waals surface area contributed by atoms with Gasteiger partial charge in [-0.3, -0.25) is 9.59 Å². The summed E-state index contributed by atoms with van der Waals surface area (Å²) < 4.78 is 1.14. The highest BCUT2D eigenvalue weighted by atomic mass is 32.1. The van der Waals surface area contributed by atoms with Crippen molar-refractivity contribution in [1.29, 1.82) is 0 Å². The molecule has 0 spiro atoms. The van der Waals surface area contributed by atoms with Crippen LogP contribution in [0, 0.1) is 5.41 Å². The minimum absolute atomic E-state index is 0.0855. The van der Waals surface area contributed by atoms with Gasteiger partial charge in [-0.25, -0.2) is 4.98 Å². The summed E-state index contributed by atoms with van der Waals surface area (Å²) in [5, 5.41) is 13.0. The molecule has 5 nitrogen and oxygen atoms in total. The molecule has 0 saturated heterocycles. The Kier molecular flexibility index (Phi) is 4.11. The van der Waals surface area contributed by atoms with Crippen LogP contribution in [-0.2, 0) is 16.0 Å². The zero-order valence-corrected chi connectivity index (χ0v) is 13.0. The summed E-state index contributed by atoms with van der Waals surface area (Å²) in [6, 6.07) is 7.94. The molecule has 0 bridgehead atoms. The molecule has 0 atom stereocenters. The van der Waals surface area contributed by atoms with Gasteiger partial charge in [0.1, 0.15) is 0 Å². The Labute approximate surface area is 132 Å². The number of rotatable bonds is 6. The van der Waals surface area contributed by atoms with Crippen molar-refractivity contribution < 1.29 is 14.7 Å². The normalized spacial score (nSPS) is 16.2. The van der Waals surface area contributed by atoms with Crippen LogP contribution in [0.4, 0.5) is 0 Å². The monoisotopic (exact) mass is 318 g/mol. The number of benzene rings is 1. The van der Waals surface area contributed by atoms with Gasteiger partial charge < -0.3 is 10.4 Å². The van der Waals surface area contributed by atoms with E-state index in [1.807, 2.05) is 24.3 Å². The first-order valence-corrected chi connectivity index (χ1v) is 8.25. The van der Waals surface area contributed by atoms with Crippen LogP contribution in [0.2, 0.25) is 0 Å². The lowest BCUT2D eigenvalue weighted by molar-refractivity contribution is -0.157. The number of fused-ring (bicyclic) bond motifs is 1. The molecule has 0 aliphatic heterocycles. The molecule has 0 radical (unpaired) electrons. The lowest BCUT2D eigenvalue weighted by Gasteiger charge is -2.36. The smallest absolute Gasteiger partial charge is 0.310 e. The van der Waals surface area contributed by atoms with Gasteiger partial charge in [0.15, 0.2) is 0 Å². The molecule has 1 fully saturated rings. The van der Waals surface area contributed by atoms with Crippen LogP contribution >= 0.6 is 11.3 Å². The number of carbonyl (C=O) groups excluding carboxylic acids is 1. The van der Waals surface area contributed by atoms with E-state index in [0.29, 0.717) is 25.8 Å². The maximum Gasteiger partial charge on any atom is 0.310 e. The molecule has 2 N–H and O–H groups in total. The molecular weight excluding hydrogens is 300 g/mol. The first kappa shape index (κ1) is 15.0. The van der Waals surface area contributed by atoms with E-state index >= 15 is 0 Å². The molecule has 1 aromatic carbocycles. The lowest BCUT2D eigenvalue weighted by Crippen LogP contribution is -2.42. The molecule has 116 valence electrons. The quantitative estimate of drug-likeness (QED) is 0.858. The van der Waals surface area contributed by atoms with E-state index in [9.17, 15) is 14.7 Å². The molecule has 0 unspecified atom stereocenters. The number of thiazole rings is 1. The average molecular weight is 318 g/mol. The maximum absolute atomic E-state index is 11.9. The van der Waals surface area contributed by atoms with Crippen molar-refractivity contribution in [2.24, 2.45) is 5.41 Å². The van der Waals surface area contributed by atoms with Crippen molar-refractivity contribution in [2.75, 3.05) is 6.54 Å². The van der Waals surface area contributed by atoms with Crippen LogP contribution < -0.4 is 5.32 Å². The summed E-state index contributed by atoms with van der Waals surface area (Å²) in [5.74, 6) is -1.02. The minimum atomic E-state index is -0.847. The number of aliphatic carboxylic acids is 1. The van der Waals surface area contributed by atoms with E-state index in [1.54, 1.807) is 11.3 Å². The first-order valence-electron chi connectivity index (χ1n) is 7.44. The number of amides is 1. The predicted molar refractivity (Wildman–Crippen MR) is 84.9 cm³/mol. The third-order valence-corrected chi connectivity index (χ3v) is 5.36. The van der Waals surface area contributed by atoms with Gasteiger partial charge in [0, 0.05) is 19.4 Å². The molecule has 1 aliphatic rings. The van der Waals surface area contributed by atoms with Crippen LogP contribution in [0.15, 0.2) is 24.3 Å². The Morgan fingerprint density at radius 1 is 1.32 bits per heavy atom. The number of aromatic nitrogens is 1. The van der Waals surface area contributed by atoms with Gasteiger partial charge in [-0.1, -0.05) is 18.6 Å². The lowest BCUT2D eigenvalue weighted by atomic mass is 9.66. The van der Waals surface area contributed by atoms with Crippen molar-refractivity contribution in [2.45, 2.75) is 32.1 Å². The molecule has 22 heavy (non-hydrogen) atoms. The Bertz CT molecular complexity index is 673. The molecule has 3 rings (SSSR count). The van der Waals surface area contributed by atoms with Crippen molar-refractivity contribution >= 4 is 33.4 Å². The number of nitrogens with one attached hydrogen (secondary N) is 1. The number of carboxylic acid groups (broad SMARTS) is 1. The number of hydrogen-bond donors (Lipinski definition) is 2. The summed E-state index contributed by atoms with van der Waals surface area (Å²) in [6.07, 6.45) is 2.86. The van der Waals surface area contributed by atoms with E-state index < -0.39 is 11.4 Å². The van der Waals surface area contributed by atoms with Crippen molar-refractivity contribution in [3.05, 3.63) is 29.3 Å². The molecule has 6 heteroatoms. The fourth-order valence-corrected chi connectivity index (χ4v) is 3.74. The summed E-state index contributed by atoms with van der Waals surface area (Å²) in [6.45, 7) is 0.494. The molecule has 2 aromatic rings. The summed E-state index contributed by atoms with van der Waals surface area (Å²) in [5.41, 5.74) is 0.160. The second-order valence-electron chi connectivity index (χ2n) is 5.79. The summed E-state index contributed by atoms with van der Waals surface area (Å²) in [4.78, 5) is 27.7. The third-order valence-electron chi connectivity index (χ3n) is 4.26. The Balaban J connectivity index is 1.50. The van der Waals surface area contributed by atoms with E-state index in [1.165, 1.54) is 0 Å². The zero-order chi connectivity index (χ0) is 15.6. The van der Waals surface area contributed by atoms with Gasteiger partial charge in [-0.15, -0.1) is 11.3 Å². The topological polar surface area (TPSA) is 79.3 Å². The Morgan fingerprint density at radius 2 is 2.09 bits per heavy atom. The highest BCUT2D eigenvalue weighted by molar-refractivity contribution is 7.18. The minimum Gasteiger partial charge on any atom is -0.481 e.